The van der Waals surface area contributed by atoms with Crippen LogP contribution < -0.4 is 0 Å². The predicted octanol–water partition coefficient (Wildman–Crippen LogP) is 8.66. The van der Waals surface area contributed by atoms with Gasteiger partial charge in [-0.25, -0.2) is 19.8 Å². The minimum Gasteiger partial charge on any atom is -0.238 e. The van der Waals surface area contributed by atoms with Gasteiger partial charge in [-0.3, -0.25) is 0 Å². The third-order valence-corrected chi connectivity index (χ3v) is 7.13. The van der Waals surface area contributed by atoms with Crippen molar-refractivity contribution in [2.75, 3.05) is 0 Å². The normalized spacial score (nSPS) is 11.5. The van der Waals surface area contributed by atoms with E-state index in [4.69, 9.17) is 21.5 Å². The summed E-state index contributed by atoms with van der Waals surface area (Å²) in [7, 11) is 0. The quantitative estimate of drug-likeness (QED) is 0.228. The van der Waals surface area contributed by atoms with Crippen LogP contribution in [0.1, 0.15) is 11.1 Å². The Bertz CT molecular complexity index is 1830. The molecular formula is C35H22N4. The molecule has 7 rings (SSSR count). The van der Waals surface area contributed by atoms with Crippen LogP contribution in [-0.4, -0.2) is 15.0 Å². The number of fused-ring (bicyclic) bond motifs is 3. The molecule has 1 heterocycles. The highest BCUT2D eigenvalue weighted by Gasteiger charge is 2.22. The molecule has 0 amide bonds. The molecule has 1 aliphatic rings. The summed E-state index contributed by atoms with van der Waals surface area (Å²) in [5.41, 5.74) is 10.4. The largest absolute Gasteiger partial charge is 0.238 e. The molecule has 5 aromatic carbocycles. The maximum atomic E-state index is 7.86. The summed E-state index contributed by atoms with van der Waals surface area (Å²) in [6.07, 6.45) is 0.920. The van der Waals surface area contributed by atoms with Crippen molar-refractivity contribution in [1.29, 1.82) is 0 Å². The van der Waals surface area contributed by atoms with Crippen molar-refractivity contribution in [2.45, 2.75) is 6.42 Å². The van der Waals surface area contributed by atoms with E-state index in [1.807, 2.05) is 72.8 Å². The number of rotatable bonds is 4. The molecule has 4 nitrogen and oxygen atoms in total. The third-order valence-electron chi connectivity index (χ3n) is 7.13. The molecule has 1 aromatic heterocycles. The first kappa shape index (κ1) is 22.8. The molecule has 0 saturated heterocycles. The van der Waals surface area contributed by atoms with Gasteiger partial charge in [0.25, 0.3) is 0 Å². The summed E-state index contributed by atoms with van der Waals surface area (Å²) >= 11 is 0. The van der Waals surface area contributed by atoms with E-state index in [9.17, 15) is 0 Å². The van der Waals surface area contributed by atoms with E-state index in [1.165, 1.54) is 22.3 Å². The van der Waals surface area contributed by atoms with Gasteiger partial charge in [0.2, 0.25) is 0 Å². The summed E-state index contributed by atoms with van der Waals surface area (Å²) in [6.45, 7) is 7.86. The molecule has 0 atom stereocenters. The van der Waals surface area contributed by atoms with E-state index >= 15 is 0 Å². The van der Waals surface area contributed by atoms with Crippen LogP contribution in [0.5, 0.6) is 0 Å². The highest BCUT2D eigenvalue weighted by atomic mass is 15.0. The van der Waals surface area contributed by atoms with Crippen LogP contribution >= 0.6 is 0 Å². The van der Waals surface area contributed by atoms with E-state index in [1.54, 1.807) is 0 Å². The molecule has 0 bridgehead atoms. The van der Waals surface area contributed by atoms with Gasteiger partial charge in [0.05, 0.1) is 6.57 Å². The summed E-state index contributed by atoms with van der Waals surface area (Å²) in [4.78, 5) is 18.4. The number of hydrogen-bond donors (Lipinski definition) is 0. The van der Waals surface area contributed by atoms with E-state index < -0.39 is 0 Å². The number of aromatic nitrogens is 3. The average Bonchev–Trinajstić information content (AvgIpc) is 3.40. The van der Waals surface area contributed by atoms with Gasteiger partial charge >= 0.3 is 0 Å². The second-order valence-corrected chi connectivity index (χ2v) is 9.59. The van der Waals surface area contributed by atoms with Crippen molar-refractivity contribution in [1.82, 2.24) is 15.0 Å². The zero-order valence-corrected chi connectivity index (χ0v) is 21.0. The third kappa shape index (κ3) is 4.17. The van der Waals surface area contributed by atoms with Crippen molar-refractivity contribution in [3.8, 4) is 56.4 Å². The molecular weight excluding hydrogens is 476 g/mol. The zero-order valence-electron chi connectivity index (χ0n) is 21.0. The van der Waals surface area contributed by atoms with Crippen LogP contribution in [0.25, 0.3) is 61.3 Å². The lowest BCUT2D eigenvalue weighted by atomic mass is 9.93. The van der Waals surface area contributed by atoms with Crippen LogP contribution in [0.15, 0.2) is 121 Å². The van der Waals surface area contributed by atoms with Crippen molar-refractivity contribution < 1.29 is 0 Å². The van der Waals surface area contributed by atoms with Crippen molar-refractivity contribution >= 4 is 5.69 Å². The van der Waals surface area contributed by atoms with Gasteiger partial charge in [0.1, 0.15) is 0 Å². The Morgan fingerprint density at radius 2 is 1.03 bits per heavy atom. The van der Waals surface area contributed by atoms with Gasteiger partial charge in [0.15, 0.2) is 23.2 Å². The standard InChI is InChI=1S/C35H22N4/c1-36-29-21-27(31-18-10-16-26-19-25-15-8-9-17-30(25)32(26)31)20-28(22-29)35-38-33(23-11-4-2-5-12-23)37-34(39-35)24-13-6-3-7-14-24/h2-18,20-22H,19H2. The molecule has 0 aliphatic heterocycles. The topological polar surface area (TPSA) is 43.0 Å². The Labute approximate surface area is 227 Å². The molecule has 1 aliphatic carbocycles. The minimum absolute atomic E-state index is 0.544. The van der Waals surface area contributed by atoms with E-state index in [-0.39, 0.29) is 0 Å². The van der Waals surface area contributed by atoms with Gasteiger partial charge in [-0.2, -0.15) is 0 Å². The maximum Gasteiger partial charge on any atom is 0.188 e. The van der Waals surface area contributed by atoms with Gasteiger partial charge in [0, 0.05) is 16.7 Å². The van der Waals surface area contributed by atoms with Crippen LogP contribution in [-0.2, 0) is 6.42 Å². The molecule has 0 N–H and O–H groups in total. The predicted molar refractivity (Wildman–Crippen MR) is 156 cm³/mol. The summed E-state index contributed by atoms with van der Waals surface area (Å²) in [5, 5.41) is 0. The SMILES string of the molecule is [C-]#[N+]c1cc(-c2nc(-c3ccccc3)nc(-c3ccccc3)n2)cc(-c2cccc3c2-c2ccccc2C3)c1. The van der Waals surface area contributed by atoms with Crippen LogP contribution in [0.3, 0.4) is 0 Å². The van der Waals surface area contributed by atoms with Crippen molar-refractivity contribution in [3.05, 3.63) is 144 Å². The fourth-order valence-electron chi connectivity index (χ4n) is 5.33. The smallest absolute Gasteiger partial charge is 0.188 e. The molecule has 0 unspecified atom stereocenters. The lowest BCUT2D eigenvalue weighted by molar-refractivity contribution is 1.07. The van der Waals surface area contributed by atoms with Gasteiger partial charge in [-0.15, -0.1) is 0 Å². The van der Waals surface area contributed by atoms with Crippen LogP contribution in [0, 0.1) is 6.57 Å². The van der Waals surface area contributed by atoms with Crippen LogP contribution in [0.2, 0.25) is 0 Å². The molecule has 0 saturated carbocycles. The summed E-state index contributed by atoms with van der Waals surface area (Å²) in [5.74, 6) is 1.75. The minimum atomic E-state index is 0.544. The maximum absolute atomic E-state index is 7.86. The lowest BCUT2D eigenvalue weighted by Gasteiger charge is -2.13. The zero-order chi connectivity index (χ0) is 26.2. The first-order chi connectivity index (χ1) is 19.3. The average molecular weight is 499 g/mol. The molecule has 0 fully saturated rings. The first-order valence-corrected chi connectivity index (χ1v) is 12.9. The Morgan fingerprint density at radius 3 is 1.69 bits per heavy atom. The highest BCUT2D eigenvalue weighted by Crippen LogP contribution is 2.44. The molecule has 0 spiro atoms. The highest BCUT2D eigenvalue weighted by molar-refractivity contribution is 5.92. The number of nitrogens with zero attached hydrogens (tertiary/aromatic N) is 4. The Balaban J connectivity index is 1.43. The molecule has 4 heteroatoms. The molecule has 6 aromatic rings. The fourth-order valence-corrected chi connectivity index (χ4v) is 5.33. The second-order valence-electron chi connectivity index (χ2n) is 9.59. The summed E-state index contributed by atoms with van der Waals surface area (Å²) < 4.78 is 0. The van der Waals surface area contributed by atoms with E-state index in [2.05, 4.69) is 53.4 Å². The van der Waals surface area contributed by atoms with Gasteiger partial charge in [-0.05, 0) is 58.0 Å². The Kier molecular flexibility index (Phi) is 5.53. The second kappa shape index (κ2) is 9.48. The Hall–Kier alpha value is -5.40. The van der Waals surface area contributed by atoms with E-state index in [0.717, 1.165) is 34.2 Å². The van der Waals surface area contributed by atoms with Crippen LogP contribution in [0.4, 0.5) is 5.69 Å². The lowest BCUT2D eigenvalue weighted by Crippen LogP contribution is -2.00. The fraction of sp³-hybridized carbons (Fsp3) is 0.0286. The van der Waals surface area contributed by atoms with Crippen molar-refractivity contribution in [3.63, 3.8) is 0 Å². The van der Waals surface area contributed by atoms with Crippen molar-refractivity contribution in [2.24, 2.45) is 0 Å². The summed E-state index contributed by atoms with van der Waals surface area (Å²) in [6, 6.07) is 40.8. The molecule has 182 valence electrons. The molecule has 0 radical (unpaired) electrons. The van der Waals surface area contributed by atoms with Gasteiger partial charge < -0.3 is 0 Å². The number of benzene rings is 5. The van der Waals surface area contributed by atoms with Gasteiger partial charge in [-0.1, -0.05) is 103 Å². The number of hydrogen-bond acceptors (Lipinski definition) is 3. The van der Waals surface area contributed by atoms with E-state index in [0.29, 0.717) is 23.2 Å². The first-order valence-electron chi connectivity index (χ1n) is 12.9. The monoisotopic (exact) mass is 498 g/mol. The molecule has 39 heavy (non-hydrogen) atoms. The Morgan fingerprint density at radius 1 is 0.487 bits per heavy atom.